The van der Waals surface area contributed by atoms with E-state index in [9.17, 15) is 8.78 Å². The van der Waals surface area contributed by atoms with Crippen LogP contribution in [0.2, 0.25) is 0 Å². The maximum Gasteiger partial charge on any atom is 0.135 e. The van der Waals surface area contributed by atoms with Crippen LogP contribution in [0.3, 0.4) is 0 Å². The molecule has 0 aliphatic carbocycles. The molecule has 1 aliphatic heterocycles. The second kappa shape index (κ2) is 20.4. The van der Waals surface area contributed by atoms with E-state index in [1.807, 2.05) is 30.5 Å². The Labute approximate surface area is 454 Å². The standard InChI is InChI=1S/C67H59F2N4O.Pt/c1-41(2)46-35-58(42(3)4)65(59(36-46)43(5)6)47-33-51(38-53(34-47)74-52-29-30-57-56-15-10-11-18-60(56)73(63(57)39-52)64-37-48(31-32-70-64)67(7,8)9)71-40-72(62-20-13-12-19-61(62)71)66-54(44-21-25-49(68)26-22-44)16-14-17-55(66)45-23-27-50(69)28-24-45;/h10-37,40-43H,1-9H3;/q-3;. The minimum atomic E-state index is -0.314. The topological polar surface area (TPSA) is 33.5 Å². The third-order valence-electron chi connectivity index (χ3n) is 14.3. The molecule has 0 unspecified atom stereocenters. The predicted octanol–water partition coefficient (Wildman–Crippen LogP) is 18.9. The number of hydrogen-bond acceptors (Lipinski definition) is 4. The van der Waals surface area contributed by atoms with Crippen LogP contribution in [-0.4, -0.2) is 9.55 Å². The zero-order valence-electron chi connectivity index (χ0n) is 43.7. The normalized spacial score (nSPS) is 12.6. The Morgan fingerprint density at radius 2 is 1.16 bits per heavy atom. The summed E-state index contributed by atoms with van der Waals surface area (Å²) in [4.78, 5) is 9.28. The number of halogens is 2. The second-order valence-corrected chi connectivity index (χ2v) is 21.4. The summed E-state index contributed by atoms with van der Waals surface area (Å²) in [6.45, 7) is 22.4. The van der Waals surface area contributed by atoms with E-state index in [4.69, 9.17) is 9.72 Å². The van der Waals surface area contributed by atoms with E-state index < -0.39 is 0 Å². The number of aromatic nitrogens is 2. The molecule has 8 heteroatoms. The molecule has 10 aromatic rings. The third-order valence-corrected chi connectivity index (χ3v) is 14.3. The zero-order chi connectivity index (χ0) is 51.6. The fourth-order valence-corrected chi connectivity index (χ4v) is 10.5. The Hall–Kier alpha value is -7.34. The van der Waals surface area contributed by atoms with Gasteiger partial charge in [-0.25, -0.2) is 13.8 Å². The van der Waals surface area contributed by atoms with Crippen molar-refractivity contribution in [2.45, 2.75) is 85.5 Å². The summed E-state index contributed by atoms with van der Waals surface area (Å²) in [5.41, 5.74) is 16.0. The molecular formula is C67H59F2N4OPt-3. The van der Waals surface area contributed by atoms with Crippen LogP contribution >= 0.6 is 0 Å². The first kappa shape index (κ1) is 51.2. The molecule has 5 nitrogen and oxygen atoms in total. The van der Waals surface area contributed by atoms with Gasteiger partial charge in [-0.2, -0.15) is 6.07 Å². The first-order valence-electron chi connectivity index (χ1n) is 25.6. The van der Waals surface area contributed by atoms with Gasteiger partial charge in [0.1, 0.15) is 17.5 Å². The summed E-state index contributed by atoms with van der Waals surface area (Å²) >= 11 is 0. The molecule has 0 N–H and O–H groups in total. The molecule has 0 bridgehead atoms. The fraction of sp³-hybridized carbons (Fsp3) is 0.194. The van der Waals surface area contributed by atoms with Gasteiger partial charge in [0.15, 0.2) is 0 Å². The number of hydrogen-bond donors (Lipinski definition) is 0. The van der Waals surface area contributed by atoms with Crippen LogP contribution in [-0.2, 0) is 26.5 Å². The average molecular weight is 1170 g/mol. The van der Waals surface area contributed by atoms with Gasteiger partial charge in [-0.3, -0.25) is 0 Å². The van der Waals surface area contributed by atoms with E-state index in [0.717, 1.165) is 78.2 Å². The van der Waals surface area contributed by atoms with Gasteiger partial charge in [0.2, 0.25) is 0 Å². The first-order chi connectivity index (χ1) is 35.6. The van der Waals surface area contributed by atoms with Crippen molar-refractivity contribution in [2.75, 3.05) is 9.80 Å². The number of fused-ring (bicyclic) bond motifs is 4. The molecule has 0 saturated carbocycles. The fourth-order valence-electron chi connectivity index (χ4n) is 10.5. The number of rotatable bonds is 11. The van der Waals surface area contributed by atoms with Crippen molar-refractivity contribution in [1.82, 2.24) is 9.55 Å². The molecule has 0 radical (unpaired) electrons. The van der Waals surface area contributed by atoms with Crippen LogP contribution in [0.5, 0.6) is 11.5 Å². The Bertz CT molecular complexity index is 3650. The van der Waals surface area contributed by atoms with Gasteiger partial charge in [0.25, 0.3) is 0 Å². The molecule has 0 amide bonds. The Kier molecular flexibility index (Phi) is 13.9. The molecule has 75 heavy (non-hydrogen) atoms. The SMILES string of the molecule is CC(C)c1cc(C(C)C)c(-c2cc(Oc3[c-]c4c(cc3)c3ccccc3n4-c3cc(C(C)(C)C)ccn3)[c-]c(N3[CH-]N(c4c(-c5ccc(F)cc5)cccc4-c4ccc(F)cc4)c4ccccc43)c2)c(C(C)C)c1.[Pt]. The molecule has 0 atom stereocenters. The third kappa shape index (κ3) is 9.68. The number of pyridine rings is 1. The molecule has 1 aliphatic rings. The van der Waals surface area contributed by atoms with Gasteiger partial charge >= 0.3 is 0 Å². The van der Waals surface area contributed by atoms with Gasteiger partial charge in [-0.05, 0) is 122 Å². The van der Waals surface area contributed by atoms with E-state index in [1.54, 1.807) is 24.3 Å². The van der Waals surface area contributed by atoms with Crippen molar-refractivity contribution in [3.8, 4) is 50.7 Å². The quantitative estimate of drug-likeness (QED) is 0.121. The van der Waals surface area contributed by atoms with Gasteiger partial charge in [-0.15, -0.1) is 53.6 Å². The van der Waals surface area contributed by atoms with E-state index in [2.05, 4.69) is 186 Å². The van der Waals surface area contributed by atoms with E-state index in [-0.39, 0.29) is 50.0 Å². The van der Waals surface area contributed by atoms with Gasteiger partial charge < -0.3 is 19.1 Å². The molecule has 2 aromatic heterocycles. The maximum atomic E-state index is 14.5. The molecular weight excluding hydrogens is 1110 g/mol. The van der Waals surface area contributed by atoms with Crippen molar-refractivity contribution in [3.05, 3.63) is 223 Å². The smallest absolute Gasteiger partial charge is 0.135 e. The second-order valence-electron chi connectivity index (χ2n) is 21.4. The Morgan fingerprint density at radius 3 is 1.76 bits per heavy atom. The monoisotopic (exact) mass is 1170 g/mol. The first-order valence-corrected chi connectivity index (χ1v) is 25.6. The molecule has 8 aromatic carbocycles. The van der Waals surface area contributed by atoms with Crippen LogP contribution < -0.4 is 14.5 Å². The van der Waals surface area contributed by atoms with Crippen molar-refractivity contribution in [2.24, 2.45) is 0 Å². The van der Waals surface area contributed by atoms with Crippen LogP contribution in [0.15, 0.2) is 170 Å². The molecule has 0 saturated heterocycles. The minimum Gasteiger partial charge on any atom is -0.509 e. The minimum absolute atomic E-state index is 0. The Morgan fingerprint density at radius 1 is 0.560 bits per heavy atom. The summed E-state index contributed by atoms with van der Waals surface area (Å²) in [5, 5.41) is 2.15. The summed E-state index contributed by atoms with van der Waals surface area (Å²) < 4.78 is 38.3. The van der Waals surface area contributed by atoms with Crippen molar-refractivity contribution >= 4 is 44.6 Å². The largest absolute Gasteiger partial charge is 0.509 e. The van der Waals surface area contributed by atoms with E-state index in [1.165, 1.54) is 52.1 Å². The Balaban J connectivity index is 0.00000641. The van der Waals surface area contributed by atoms with E-state index >= 15 is 0 Å². The zero-order valence-corrected chi connectivity index (χ0v) is 46.0. The molecule has 3 heterocycles. The molecule has 11 rings (SSSR count). The van der Waals surface area contributed by atoms with E-state index in [0.29, 0.717) is 17.4 Å². The van der Waals surface area contributed by atoms with Gasteiger partial charge in [0, 0.05) is 72.5 Å². The van der Waals surface area contributed by atoms with Gasteiger partial charge in [0.05, 0.1) is 0 Å². The number of ether oxygens (including phenoxy) is 1. The van der Waals surface area contributed by atoms with Crippen LogP contribution in [0.1, 0.15) is 102 Å². The predicted molar refractivity (Wildman–Crippen MR) is 301 cm³/mol. The van der Waals surface area contributed by atoms with Crippen LogP contribution in [0, 0.1) is 30.4 Å². The molecule has 0 fully saturated rings. The van der Waals surface area contributed by atoms with Crippen molar-refractivity contribution < 1.29 is 34.6 Å². The number of anilines is 4. The summed E-state index contributed by atoms with van der Waals surface area (Å²) in [6.07, 6.45) is 1.89. The van der Waals surface area contributed by atoms with Gasteiger partial charge in [-0.1, -0.05) is 153 Å². The van der Waals surface area contributed by atoms with Crippen LogP contribution in [0.25, 0.3) is 61.0 Å². The summed E-state index contributed by atoms with van der Waals surface area (Å²) in [5.74, 6) is 2.06. The molecule has 0 spiro atoms. The van der Waals surface area contributed by atoms with Crippen molar-refractivity contribution in [1.29, 1.82) is 0 Å². The number of para-hydroxylation sites is 4. The summed E-state index contributed by atoms with van der Waals surface area (Å²) in [6, 6.07) is 61.0. The maximum absolute atomic E-state index is 14.5. The number of benzene rings is 8. The van der Waals surface area contributed by atoms with Crippen molar-refractivity contribution in [3.63, 3.8) is 0 Å². The number of nitrogens with zero attached hydrogens (tertiary/aromatic N) is 4. The summed E-state index contributed by atoms with van der Waals surface area (Å²) in [7, 11) is 0. The average Bonchev–Trinajstić information content (AvgIpc) is 3.94. The van der Waals surface area contributed by atoms with Crippen LogP contribution in [0.4, 0.5) is 31.5 Å². The molecule has 380 valence electrons.